The van der Waals surface area contributed by atoms with Crippen LogP contribution in [-0.2, 0) is 17.8 Å². The van der Waals surface area contributed by atoms with Crippen molar-refractivity contribution in [3.05, 3.63) is 65.1 Å². The number of aryl methyl sites for hydroxylation is 1. The number of nitrogens with zero attached hydrogens (tertiary/aromatic N) is 3. The zero-order valence-electron chi connectivity index (χ0n) is 16.2. The van der Waals surface area contributed by atoms with Crippen LogP contribution < -0.4 is 0 Å². The van der Waals surface area contributed by atoms with Crippen molar-refractivity contribution in [1.29, 1.82) is 0 Å². The molecule has 0 atom stereocenters. The molecule has 0 radical (unpaired) electrons. The lowest BCUT2D eigenvalue weighted by molar-refractivity contribution is -0.118. The molecular weight excluding hydrogens is 334 g/mol. The van der Waals surface area contributed by atoms with E-state index in [-0.39, 0.29) is 5.78 Å². The number of fused-ring (bicyclic) bond motifs is 3. The molecule has 0 unspecified atom stereocenters. The molecule has 1 aliphatic rings. The minimum absolute atomic E-state index is 0.229. The number of rotatable bonds is 4. The molecule has 0 bridgehead atoms. The first-order valence-corrected chi connectivity index (χ1v) is 9.46. The van der Waals surface area contributed by atoms with E-state index in [0.717, 1.165) is 19.5 Å². The van der Waals surface area contributed by atoms with Crippen LogP contribution in [0, 0.1) is 6.92 Å². The maximum absolute atomic E-state index is 11.6. The van der Waals surface area contributed by atoms with Crippen LogP contribution in [0.1, 0.15) is 36.2 Å². The number of Topliss-reactive ketones (excluding diaryl/α,β-unsaturated/α-hetero) is 1. The highest BCUT2D eigenvalue weighted by Crippen LogP contribution is 2.33. The lowest BCUT2D eigenvalue weighted by Gasteiger charge is -2.26. The van der Waals surface area contributed by atoms with E-state index in [9.17, 15) is 4.79 Å². The van der Waals surface area contributed by atoms with Crippen molar-refractivity contribution < 1.29 is 4.79 Å². The molecule has 0 N–H and O–H groups in total. The summed E-state index contributed by atoms with van der Waals surface area (Å²) in [6.45, 7) is 8.24. The Morgan fingerprint density at radius 1 is 1.19 bits per heavy atom. The van der Waals surface area contributed by atoms with Gasteiger partial charge in [0.15, 0.2) is 0 Å². The van der Waals surface area contributed by atoms with E-state index in [0.29, 0.717) is 6.54 Å². The second kappa shape index (κ2) is 7.12. The number of hydrogen-bond acceptors (Lipinski definition) is 3. The fraction of sp³-hybridized carbons (Fsp3) is 0.304. The molecular formula is C23H25N3O. The molecule has 3 aromatic rings. The van der Waals surface area contributed by atoms with E-state index in [1.807, 2.05) is 24.5 Å². The first-order valence-electron chi connectivity index (χ1n) is 9.46. The van der Waals surface area contributed by atoms with Crippen molar-refractivity contribution >= 4 is 28.5 Å². The number of carbonyl (C=O) groups excluding carboxylic acids is 1. The number of carbonyl (C=O) groups is 1. The smallest absolute Gasteiger partial charge is 0.143 e. The molecule has 0 saturated carbocycles. The maximum atomic E-state index is 11.6. The average Bonchev–Trinajstić information content (AvgIpc) is 2.94. The topological polar surface area (TPSA) is 38.1 Å². The van der Waals surface area contributed by atoms with Crippen LogP contribution in [0.15, 0.2) is 42.7 Å². The van der Waals surface area contributed by atoms with Crippen LogP contribution in [0.4, 0.5) is 0 Å². The Morgan fingerprint density at radius 2 is 1.96 bits per heavy atom. The van der Waals surface area contributed by atoms with Crippen molar-refractivity contribution in [3.63, 3.8) is 0 Å². The van der Waals surface area contributed by atoms with Gasteiger partial charge in [0.05, 0.1) is 12.1 Å². The number of hydrogen-bond donors (Lipinski definition) is 0. The van der Waals surface area contributed by atoms with Gasteiger partial charge >= 0.3 is 0 Å². The lowest BCUT2D eigenvalue weighted by Crippen LogP contribution is -2.34. The first-order chi connectivity index (χ1) is 13.0. The molecule has 4 nitrogen and oxygen atoms in total. The fourth-order valence-corrected chi connectivity index (χ4v) is 4.04. The highest BCUT2D eigenvalue weighted by atomic mass is 16.1. The molecule has 0 amide bonds. The molecule has 0 fully saturated rings. The summed E-state index contributed by atoms with van der Waals surface area (Å²) in [5.74, 6) is 0.229. The van der Waals surface area contributed by atoms with E-state index >= 15 is 0 Å². The second-order valence-electron chi connectivity index (χ2n) is 7.53. The van der Waals surface area contributed by atoms with Crippen molar-refractivity contribution in [2.24, 2.45) is 0 Å². The van der Waals surface area contributed by atoms with Gasteiger partial charge in [-0.05, 0) is 61.7 Å². The summed E-state index contributed by atoms with van der Waals surface area (Å²) in [5.41, 5.74) is 7.62. The third-order valence-electron chi connectivity index (χ3n) is 5.33. The molecule has 4 heteroatoms. The number of aromatic nitrogens is 2. The average molecular weight is 359 g/mol. The SMILES string of the molecule is CC(=O)CN1CCc2c(c3cc(C)ccc3n2C=C(C)c2ccncc2)C1. The Kier molecular flexibility index (Phi) is 4.66. The number of allylic oxidation sites excluding steroid dienone is 1. The number of ketones is 1. The largest absolute Gasteiger partial charge is 0.320 e. The third-order valence-corrected chi connectivity index (χ3v) is 5.33. The van der Waals surface area contributed by atoms with Gasteiger partial charge in [-0.15, -0.1) is 0 Å². The Morgan fingerprint density at radius 3 is 2.70 bits per heavy atom. The molecule has 3 heterocycles. The van der Waals surface area contributed by atoms with Gasteiger partial charge in [0.1, 0.15) is 5.78 Å². The van der Waals surface area contributed by atoms with Gasteiger partial charge in [-0.3, -0.25) is 14.7 Å². The normalized spacial score (nSPS) is 15.1. The van der Waals surface area contributed by atoms with Gasteiger partial charge in [-0.2, -0.15) is 0 Å². The van der Waals surface area contributed by atoms with Crippen LogP contribution >= 0.6 is 0 Å². The highest BCUT2D eigenvalue weighted by Gasteiger charge is 2.24. The summed E-state index contributed by atoms with van der Waals surface area (Å²) in [6, 6.07) is 10.8. The lowest BCUT2D eigenvalue weighted by atomic mass is 10.0. The standard InChI is InChI=1S/C23H25N3O/c1-16-4-5-22-20(12-16)21-15-25(14-18(3)27)11-8-23(21)26(22)13-17(2)19-6-9-24-10-7-19/h4-7,9-10,12-13H,8,11,14-15H2,1-3H3. The zero-order chi connectivity index (χ0) is 19.0. The van der Waals surface area contributed by atoms with Gasteiger partial charge in [0.2, 0.25) is 0 Å². The van der Waals surface area contributed by atoms with Crippen LogP contribution in [-0.4, -0.2) is 33.3 Å². The van der Waals surface area contributed by atoms with E-state index in [1.54, 1.807) is 6.92 Å². The summed E-state index contributed by atoms with van der Waals surface area (Å²) in [5, 5.41) is 1.30. The maximum Gasteiger partial charge on any atom is 0.143 e. The third kappa shape index (κ3) is 3.45. The van der Waals surface area contributed by atoms with Crippen molar-refractivity contribution in [2.45, 2.75) is 33.7 Å². The minimum Gasteiger partial charge on any atom is -0.320 e. The Balaban J connectivity index is 1.84. The molecule has 1 aliphatic heterocycles. The Hall–Kier alpha value is -2.72. The van der Waals surface area contributed by atoms with Crippen LogP contribution in [0.2, 0.25) is 0 Å². The predicted molar refractivity (Wildman–Crippen MR) is 110 cm³/mol. The quantitative estimate of drug-likeness (QED) is 0.697. The van der Waals surface area contributed by atoms with Gasteiger partial charge in [0, 0.05) is 49.2 Å². The van der Waals surface area contributed by atoms with Gasteiger partial charge < -0.3 is 4.57 Å². The Labute approximate surface area is 160 Å². The minimum atomic E-state index is 0.229. The van der Waals surface area contributed by atoms with Crippen LogP contribution in [0.3, 0.4) is 0 Å². The molecule has 0 saturated heterocycles. The summed E-state index contributed by atoms with van der Waals surface area (Å²) in [6.07, 6.45) is 6.86. The number of pyridine rings is 1. The molecule has 27 heavy (non-hydrogen) atoms. The molecule has 0 aliphatic carbocycles. The second-order valence-corrected chi connectivity index (χ2v) is 7.53. The van der Waals surface area contributed by atoms with Gasteiger partial charge in [-0.1, -0.05) is 11.6 Å². The monoisotopic (exact) mass is 359 g/mol. The molecule has 0 spiro atoms. The molecule has 138 valence electrons. The van der Waals surface area contributed by atoms with Gasteiger partial charge in [-0.25, -0.2) is 0 Å². The van der Waals surface area contributed by atoms with E-state index in [1.165, 1.54) is 38.9 Å². The molecule has 2 aromatic heterocycles. The molecule has 1 aromatic carbocycles. The zero-order valence-corrected chi connectivity index (χ0v) is 16.2. The van der Waals surface area contributed by atoms with E-state index < -0.39 is 0 Å². The predicted octanol–water partition coefficient (Wildman–Crippen LogP) is 4.31. The highest BCUT2D eigenvalue weighted by molar-refractivity contribution is 5.90. The summed E-state index contributed by atoms with van der Waals surface area (Å²) < 4.78 is 2.35. The van der Waals surface area contributed by atoms with Crippen LogP contribution in [0.5, 0.6) is 0 Å². The molecule has 4 rings (SSSR count). The van der Waals surface area contributed by atoms with Crippen molar-refractivity contribution in [3.8, 4) is 0 Å². The summed E-state index contributed by atoms with van der Waals surface area (Å²) in [7, 11) is 0. The number of benzene rings is 1. The Bertz CT molecular complexity index is 1030. The van der Waals surface area contributed by atoms with E-state index in [4.69, 9.17) is 0 Å². The summed E-state index contributed by atoms with van der Waals surface area (Å²) in [4.78, 5) is 18.0. The van der Waals surface area contributed by atoms with Crippen molar-refractivity contribution in [2.75, 3.05) is 13.1 Å². The van der Waals surface area contributed by atoms with Crippen LogP contribution in [0.25, 0.3) is 22.7 Å². The first kappa shape index (κ1) is 17.7. The van der Waals surface area contributed by atoms with Crippen molar-refractivity contribution in [1.82, 2.24) is 14.5 Å². The fourth-order valence-electron chi connectivity index (χ4n) is 4.04. The summed E-state index contributed by atoms with van der Waals surface area (Å²) >= 11 is 0. The van der Waals surface area contributed by atoms with E-state index in [2.05, 4.69) is 52.7 Å². The van der Waals surface area contributed by atoms with Gasteiger partial charge in [0.25, 0.3) is 0 Å².